The Morgan fingerprint density at radius 2 is 1.65 bits per heavy atom. The molecule has 1 aromatic carbocycles. The fourth-order valence-corrected chi connectivity index (χ4v) is 5.50. The summed E-state index contributed by atoms with van der Waals surface area (Å²) in [6, 6.07) is 10.1. The molecular formula is C29H52O4Si. The monoisotopic (exact) mass is 492 g/mol. The second-order valence-electron chi connectivity index (χ2n) is 11.7. The van der Waals surface area contributed by atoms with Crippen molar-refractivity contribution in [3.8, 4) is 0 Å². The molecule has 0 saturated carbocycles. The third-order valence-electron chi connectivity index (χ3n) is 7.52. The van der Waals surface area contributed by atoms with Crippen LogP contribution in [0.3, 0.4) is 0 Å². The molecule has 0 spiro atoms. The Morgan fingerprint density at radius 3 is 2.18 bits per heavy atom. The summed E-state index contributed by atoms with van der Waals surface area (Å²) in [5, 5.41) is 22.2. The molecule has 0 aliphatic rings. The highest BCUT2D eigenvalue weighted by Gasteiger charge is 2.41. The number of ether oxygens (including phenoxy) is 1. The number of rotatable bonds is 14. The largest absolute Gasteiger partial charge is 0.414 e. The van der Waals surface area contributed by atoms with Gasteiger partial charge in [-0.05, 0) is 42.6 Å². The van der Waals surface area contributed by atoms with Gasteiger partial charge < -0.3 is 19.4 Å². The second kappa shape index (κ2) is 13.9. The quantitative estimate of drug-likeness (QED) is 0.217. The molecule has 196 valence electrons. The average Bonchev–Trinajstić information content (AvgIpc) is 2.76. The Balaban J connectivity index is 2.75. The van der Waals surface area contributed by atoms with Gasteiger partial charge in [0.15, 0.2) is 8.32 Å². The molecule has 0 unspecified atom stereocenters. The van der Waals surface area contributed by atoms with Gasteiger partial charge in [0, 0.05) is 17.8 Å². The molecule has 4 nitrogen and oxygen atoms in total. The van der Waals surface area contributed by atoms with Crippen LogP contribution in [0.1, 0.15) is 73.8 Å². The van der Waals surface area contributed by atoms with E-state index in [1.807, 2.05) is 57.2 Å². The minimum absolute atomic E-state index is 0.00733. The van der Waals surface area contributed by atoms with Gasteiger partial charge in [0.25, 0.3) is 0 Å². The molecule has 5 heteroatoms. The van der Waals surface area contributed by atoms with Gasteiger partial charge in [-0.15, -0.1) is 0 Å². The molecule has 0 saturated heterocycles. The maximum Gasteiger partial charge on any atom is 0.192 e. The molecule has 34 heavy (non-hydrogen) atoms. The summed E-state index contributed by atoms with van der Waals surface area (Å²) in [5.74, 6) is -0.100. The van der Waals surface area contributed by atoms with Crippen molar-refractivity contribution in [3.63, 3.8) is 0 Å². The smallest absolute Gasteiger partial charge is 0.192 e. The SMILES string of the molecule is CCC[C@@H](O[Si](C)(C)C(C)(C)C)[C@@H](C)[C@H](O)/C(C)=C/[C@@H](C)[C@@H](O)[C@@H](C)COCc1ccccc1. The fourth-order valence-electron chi connectivity index (χ4n) is 4.05. The first-order chi connectivity index (χ1) is 15.7. The van der Waals surface area contributed by atoms with E-state index in [1.54, 1.807) is 0 Å². The lowest BCUT2D eigenvalue weighted by atomic mass is 9.87. The third kappa shape index (κ3) is 9.58. The minimum atomic E-state index is -1.94. The molecule has 0 aliphatic carbocycles. The Bertz CT molecular complexity index is 725. The Labute approximate surface area is 210 Å². The zero-order valence-electron chi connectivity index (χ0n) is 23.5. The van der Waals surface area contributed by atoms with Crippen LogP contribution >= 0.6 is 0 Å². The van der Waals surface area contributed by atoms with E-state index in [9.17, 15) is 10.2 Å². The van der Waals surface area contributed by atoms with Crippen molar-refractivity contribution in [1.82, 2.24) is 0 Å². The molecule has 0 aromatic heterocycles. The summed E-state index contributed by atoms with van der Waals surface area (Å²) in [6.07, 6.45) is 2.87. The van der Waals surface area contributed by atoms with Crippen molar-refractivity contribution >= 4 is 8.32 Å². The maximum atomic E-state index is 11.2. The predicted octanol–water partition coefficient (Wildman–Crippen LogP) is 6.97. The van der Waals surface area contributed by atoms with Gasteiger partial charge in [0.1, 0.15) is 0 Å². The summed E-state index contributed by atoms with van der Waals surface area (Å²) in [5.41, 5.74) is 2.03. The molecule has 0 bridgehead atoms. The lowest BCUT2D eigenvalue weighted by Crippen LogP contribution is -2.47. The molecule has 2 N–H and O–H groups in total. The van der Waals surface area contributed by atoms with E-state index in [4.69, 9.17) is 9.16 Å². The van der Waals surface area contributed by atoms with Crippen molar-refractivity contribution in [2.45, 2.75) is 111 Å². The first-order valence-corrected chi connectivity index (χ1v) is 16.0. The van der Waals surface area contributed by atoms with Crippen LogP contribution in [0.2, 0.25) is 18.1 Å². The van der Waals surface area contributed by atoms with Crippen LogP contribution in [0, 0.1) is 17.8 Å². The van der Waals surface area contributed by atoms with E-state index in [1.165, 1.54) is 0 Å². The van der Waals surface area contributed by atoms with Crippen molar-refractivity contribution in [2.75, 3.05) is 6.61 Å². The standard InChI is InChI=1S/C29H52O4Si/c1-11-15-26(33-34(9,10)29(6,7)8)24(5)28(31)22(3)18-21(2)27(30)23(4)19-32-20-25-16-13-12-14-17-25/h12-14,16-18,21,23-24,26-28,30-31H,11,15,19-20H2,1-10H3/b22-18+/t21-,23+,24-,26-,27-,28-/m1/s1. The minimum Gasteiger partial charge on any atom is -0.414 e. The summed E-state index contributed by atoms with van der Waals surface area (Å²) in [7, 11) is -1.94. The van der Waals surface area contributed by atoms with Gasteiger partial charge in [-0.2, -0.15) is 0 Å². The molecule has 1 aromatic rings. The Kier molecular flexibility index (Phi) is 12.7. The van der Waals surface area contributed by atoms with Crippen LogP contribution in [-0.4, -0.2) is 43.4 Å². The molecule has 0 amide bonds. The molecule has 6 atom stereocenters. The number of aliphatic hydroxyl groups is 2. The van der Waals surface area contributed by atoms with E-state index in [2.05, 4.69) is 47.7 Å². The summed E-state index contributed by atoms with van der Waals surface area (Å²) < 4.78 is 12.6. The van der Waals surface area contributed by atoms with Gasteiger partial charge in [-0.1, -0.05) is 91.3 Å². The zero-order valence-corrected chi connectivity index (χ0v) is 24.5. The Morgan fingerprint density at radius 1 is 1.06 bits per heavy atom. The van der Waals surface area contributed by atoms with Gasteiger partial charge in [-0.3, -0.25) is 0 Å². The van der Waals surface area contributed by atoms with Crippen LogP contribution in [0.25, 0.3) is 0 Å². The van der Waals surface area contributed by atoms with Gasteiger partial charge >= 0.3 is 0 Å². The highest BCUT2D eigenvalue weighted by atomic mass is 28.4. The Hall–Kier alpha value is -0.983. The molecular weight excluding hydrogens is 440 g/mol. The van der Waals surface area contributed by atoms with Crippen LogP contribution in [0.15, 0.2) is 42.0 Å². The van der Waals surface area contributed by atoms with Gasteiger partial charge in [0.05, 0.1) is 31.5 Å². The van der Waals surface area contributed by atoms with Gasteiger partial charge in [0.2, 0.25) is 0 Å². The lowest BCUT2D eigenvalue weighted by molar-refractivity contribution is 0.0123. The fraction of sp³-hybridized carbons (Fsp3) is 0.724. The van der Waals surface area contributed by atoms with E-state index < -0.39 is 20.5 Å². The van der Waals surface area contributed by atoms with Crippen LogP contribution in [0.5, 0.6) is 0 Å². The van der Waals surface area contributed by atoms with E-state index >= 15 is 0 Å². The maximum absolute atomic E-state index is 11.2. The number of hydrogen-bond acceptors (Lipinski definition) is 4. The first kappa shape index (κ1) is 31.0. The van der Waals surface area contributed by atoms with Crippen LogP contribution in [0.4, 0.5) is 0 Å². The summed E-state index contributed by atoms with van der Waals surface area (Å²) >= 11 is 0. The third-order valence-corrected chi connectivity index (χ3v) is 12.0. The van der Waals surface area contributed by atoms with Crippen molar-refractivity contribution in [2.24, 2.45) is 17.8 Å². The summed E-state index contributed by atoms with van der Waals surface area (Å²) in [4.78, 5) is 0. The van der Waals surface area contributed by atoms with Crippen molar-refractivity contribution in [3.05, 3.63) is 47.5 Å². The highest BCUT2D eigenvalue weighted by molar-refractivity contribution is 6.74. The molecule has 0 fully saturated rings. The average molecular weight is 493 g/mol. The van der Waals surface area contributed by atoms with Crippen LogP contribution < -0.4 is 0 Å². The molecule has 1 rings (SSSR count). The highest BCUT2D eigenvalue weighted by Crippen LogP contribution is 2.39. The zero-order chi connectivity index (χ0) is 26.1. The topological polar surface area (TPSA) is 58.9 Å². The van der Waals surface area contributed by atoms with Gasteiger partial charge in [-0.25, -0.2) is 0 Å². The molecule has 0 heterocycles. The number of hydrogen-bond donors (Lipinski definition) is 2. The second-order valence-corrected chi connectivity index (χ2v) is 16.5. The number of benzene rings is 1. The lowest BCUT2D eigenvalue weighted by Gasteiger charge is -2.42. The van der Waals surface area contributed by atoms with E-state index in [-0.39, 0.29) is 28.9 Å². The molecule has 0 radical (unpaired) electrons. The normalized spacial score (nSPS) is 18.8. The number of aliphatic hydroxyl groups excluding tert-OH is 2. The van der Waals surface area contributed by atoms with Crippen molar-refractivity contribution < 1.29 is 19.4 Å². The predicted molar refractivity (Wildman–Crippen MR) is 146 cm³/mol. The van der Waals surface area contributed by atoms with E-state index in [0.717, 1.165) is 24.0 Å². The van der Waals surface area contributed by atoms with E-state index in [0.29, 0.717) is 13.2 Å². The molecule has 0 aliphatic heterocycles. The van der Waals surface area contributed by atoms with Crippen molar-refractivity contribution in [1.29, 1.82) is 0 Å². The summed E-state index contributed by atoms with van der Waals surface area (Å²) in [6.45, 7) is 22.6. The van der Waals surface area contributed by atoms with Crippen LogP contribution in [-0.2, 0) is 15.8 Å². The first-order valence-electron chi connectivity index (χ1n) is 13.0.